The van der Waals surface area contributed by atoms with E-state index < -0.39 is 24.3 Å². The number of aliphatic carboxylic acids is 1. The van der Waals surface area contributed by atoms with E-state index in [1.807, 2.05) is 0 Å². The number of methoxy groups -OCH3 is 3. The lowest BCUT2D eigenvalue weighted by Crippen LogP contribution is -2.37. The van der Waals surface area contributed by atoms with Gasteiger partial charge in [0, 0.05) is 5.56 Å². The summed E-state index contributed by atoms with van der Waals surface area (Å²) in [7, 11) is 4.27. The van der Waals surface area contributed by atoms with E-state index in [1.165, 1.54) is 39.5 Å². The predicted octanol–water partition coefficient (Wildman–Crippen LogP) is 1.68. The molecular weight excluding hydrogens is 392 g/mol. The van der Waals surface area contributed by atoms with Crippen molar-refractivity contribution in [2.75, 3.05) is 27.9 Å². The molecule has 0 fully saturated rings. The van der Waals surface area contributed by atoms with Crippen LogP contribution in [0.3, 0.4) is 0 Å². The van der Waals surface area contributed by atoms with Gasteiger partial charge >= 0.3 is 5.97 Å². The van der Waals surface area contributed by atoms with Gasteiger partial charge < -0.3 is 30.0 Å². The minimum Gasteiger partial charge on any atom is -0.493 e. The van der Waals surface area contributed by atoms with Gasteiger partial charge in [-0.05, 0) is 23.8 Å². The number of hydrogen-bond acceptors (Lipinski definition) is 6. The number of carboxylic acid groups (broad SMARTS) is 1. The Hall–Kier alpha value is -4.01. The highest BCUT2D eigenvalue weighted by Gasteiger charge is 2.20. The van der Waals surface area contributed by atoms with Gasteiger partial charge in [0.15, 0.2) is 11.5 Å². The molecule has 9 nitrogen and oxygen atoms in total. The Morgan fingerprint density at radius 3 is 2.07 bits per heavy atom. The maximum Gasteiger partial charge on any atom is 0.322 e. The Kier molecular flexibility index (Phi) is 7.81. The highest BCUT2D eigenvalue weighted by Crippen LogP contribution is 2.38. The maximum atomic E-state index is 12.8. The van der Waals surface area contributed by atoms with Crippen LogP contribution in [0.5, 0.6) is 17.2 Å². The minimum absolute atomic E-state index is 0.124. The fourth-order valence-electron chi connectivity index (χ4n) is 2.53. The minimum atomic E-state index is -1.21. The summed E-state index contributed by atoms with van der Waals surface area (Å²) in [6.07, 6.45) is 1.44. The van der Waals surface area contributed by atoms with Crippen LogP contribution in [0.1, 0.15) is 15.9 Å². The van der Waals surface area contributed by atoms with Gasteiger partial charge in [0.2, 0.25) is 5.75 Å². The third-order valence-electron chi connectivity index (χ3n) is 3.93. The largest absolute Gasteiger partial charge is 0.493 e. The molecule has 0 spiro atoms. The third-order valence-corrected chi connectivity index (χ3v) is 3.93. The summed E-state index contributed by atoms with van der Waals surface area (Å²) in [5.41, 5.74) is 0.666. The Morgan fingerprint density at radius 1 is 0.967 bits per heavy atom. The number of hydrogen-bond donors (Lipinski definition) is 3. The summed E-state index contributed by atoms with van der Waals surface area (Å²) in [5.74, 6) is -1.73. The summed E-state index contributed by atoms with van der Waals surface area (Å²) in [4.78, 5) is 36.0. The molecule has 0 heterocycles. The SMILES string of the molecule is COc1cc(C(=O)N/C(=C/c2ccccc2)C(=O)NCC(=O)O)cc(OC)c1OC. The molecule has 0 aliphatic heterocycles. The summed E-state index contributed by atoms with van der Waals surface area (Å²) in [6.45, 7) is -0.592. The predicted molar refractivity (Wildman–Crippen MR) is 109 cm³/mol. The molecule has 30 heavy (non-hydrogen) atoms. The Morgan fingerprint density at radius 2 is 1.57 bits per heavy atom. The van der Waals surface area contributed by atoms with Gasteiger partial charge in [-0.1, -0.05) is 30.3 Å². The number of ether oxygens (including phenoxy) is 3. The molecular formula is C21H22N2O7. The molecule has 0 saturated carbocycles. The van der Waals surface area contributed by atoms with Gasteiger partial charge in [-0.25, -0.2) is 0 Å². The number of amides is 2. The second kappa shape index (κ2) is 10.5. The smallest absolute Gasteiger partial charge is 0.322 e. The second-order valence-electron chi connectivity index (χ2n) is 5.91. The molecule has 9 heteroatoms. The highest BCUT2D eigenvalue weighted by molar-refractivity contribution is 6.06. The first-order valence-corrected chi connectivity index (χ1v) is 8.77. The van der Waals surface area contributed by atoms with Crippen LogP contribution in [-0.2, 0) is 9.59 Å². The maximum absolute atomic E-state index is 12.8. The fraction of sp³-hybridized carbons (Fsp3) is 0.190. The van der Waals surface area contributed by atoms with Crippen molar-refractivity contribution < 1.29 is 33.7 Å². The molecule has 0 aliphatic rings. The summed E-state index contributed by atoms with van der Waals surface area (Å²) in [5, 5.41) is 13.5. The van der Waals surface area contributed by atoms with Gasteiger partial charge in [-0.2, -0.15) is 0 Å². The van der Waals surface area contributed by atoms with Crippen molar-refractivity contribution in [3.05, 3.63) is 59.3 Å². The molecule has 0 saturated heterocycles. The van der Waals surface area contributed by atoms with Crippen LogP contribution < -0.4 is 24.8 Å². The van der Waals surface area contributed by atoms with Crippen LogP contribution in [0, 0.1) is 0 Å². The Labute approximate surface area is 173 Å². The summed E-state index contributed by atoms with van der Waals surface area (Å²) in [6, 6.07) is 11.7. The average Bonchev–Trinajstić information content (AvgIpc) is 2.76. The average molecular weight is 414 g/mol. The van der Waals surface area contributed by atoms with Crippen molar-refractivity contribution in [2.45, 2.75) is 0 Å². The zero-order valence-corrected chi connectivity index (χ0v) is 16.7. The van der Waals surface area contributed by atoms with E-state index in [0.717, 1.165) is 0 Å². The van der Waals surface area contributed by atoms with Crippen molar-refractivity contribution >= 4 is 23.9 Å². The summed E-state index contributed by atoms with van der Waals surface area (Å²) >= 11 is 0. The molecule has 0 aromatic heterocycles. The molecule has 0 atom stereocenters. The molecule has 158 valence electrons. The zero-order chi connectivity index (χ0) is 22.1. The fourth-order valence-corrected chi connectivity index (χ4v) is 2.53. The lowest BCUT2D eigenvalue weighted by molar-refractivity contribution is -0.137. The number of nitrogens with one attached hydrogen (secondary N) is 2. The molecule has 0 radical (unpaired) electrons. The van der Waals surface area contributed by atoms with E-state index in [-0.39, 0.29) is 22.8 Å². The van der Waals surface area contributed by atoms with Gasteiger partial charge in [-0.15, -0.1) is 0 Å². The topological polar surface area (TPSA) is 123 Å². The van der Waals surface area contributed by atoms with E-state index >= 15 is 0 Å². The van der Waals surface area contributed by atoms with Crippen LogP contribution in [0.4, 0.5) is 0 Å². The molecule has 0 bridgehead atoms. The van der Waals surface area contributed by atoms with Crippen molar-refractivity contribution in [1.29, 1.82) is 0 Å². The van der Waals surface area contributed by atoms with Crippen molar-refractivity contribution in [2.24, 2.45) is 0 Å². The van der Waals surface area contributed by atoms with Gasteiger partial charge in [0.25, 0.3) is 11.8 Å². The highest BCUT2D eigenvalue weighted by atomic mass is 16.5. The molecule has 2 rings (SSSR count). The molecule has 2 aromatic carbocycles. The number of carbonyl (C=O) groups excluding carboxylic acids is 2. The number of carboxylic acids is 1. The third kappa shape index (κ3) is 5.74. The van der Waals surface area contributed by atoms with Crippen molar-refractivity contribution in [3.8, 4) is 17.2 Å². The number of benzene rings is 2. The molecule has 0 aliphatic carbocycles. The van der Waals surface area contributed by atoms with E-state index in [9.17, 15) is 14.4 Å². The molecule has 0 unspecified atom stereocenters. The lowest BCUT2D eigenvalue weighted by atomic mass is 10.1. The molecule has 2 amide bonds. The Bertz CT molecular complexity index is 930. The quantitative estimate of drug-likeness (QED) is 0.534. The first-order valence-electron chi connectivity index (χ1n) is 8.77. The normalized spacial score (nSPS) is 10.7. The van der Waals surface area contributed by atoms with E-state index in [0.29, 0.717) is 11.3 Å². The second-order valence-corrected chi connectivity index (χ2v) is 5.91. The lowest BCUT2D eigenvalue weighted by Gasteiger charge is -2.15. The van der Waals surface area contributed by atoms with Crippen molar-refractivity contribution in [3.63, 3.8) is 0 Å². The van der Waals surface area contributed by atoms with Gasteiger partial charge in [0.1, 0.15) is 12.2 Å². The van der Waals surface area contributed by atoms with Crippen LogP contribution >= 0.6 is 0 Å². The van der Waals surface area contributed by atoms with E-state index in [2.05, 4.69) is 10.6 Å². The molecule has 3 N–H and O–H groups in total. The van der Waals surface area contributed by atoms with Crippen LogP contribution in [-0.4, -0.2) is 50.8 Å². The first-order chi connectivity index (χ1) is 14.4. The van der Waals surface area contributed by atoms with Crippen LogP contribution in [0.2, 0.25) is 0 Å². The Balaban J connectivity index is 2.37. The van der Waals surface area contributed by atoms with Gasteiger partial charge in [-0.3, -0.25) is 14.4 Å². The first kappa shape index (κ1) is 22.3. The van der Waals surface area contributed by atoms with Crippen molar-refractivity contribution in [1.82, 2.24) is 10.6 Å². The molecule has 2 aromatic rings. The summed E-state index contributed by atoms with van der Waals surface area (Å²) < 4.78 is 15.7. The van der Waals surface area contributed by atoms with Crippen LogP contribution in [0.15, 0.2) is 48.2 Å². The van der Waals surface area contributed by atoms with Gasteiger partial charge in [0.05, 0.1) is 21.3 Å². The number of rotatable bonds is 9. The zero-order valence-electron chi connectivity index (χ0n) is 16.7. The van der Waals surface area contributed by atoms with E-state index in [4.69, 9.17) is 19.3 Å². The monoisotopic (exact) mass is 414 g/mol. The van der Waals surface area contributed by atoms with E-state index in [1.54, 1.807) is 30.3 Å². The van der Waals surface area contributed by atoms with Crippen LogP contribution in [0.25, 0.3) is 6.08 Å². The standard InChI is InChI=1S/C21H22N2O7/c1-28-16-10-14(11-17(29-2)19(16)30-3)20(26)23-15(21(27)22-12-18(24)25)9-13-7-5-4-6-8-13/h4-11H,12H2,1-3H3,(H,22,27)(H,23,26)(H,24,25)/b15-9+. The number of carbonyl (C=O) groups is 3.